The molecule has 0 spiro atoms. The summed E-state index contributed by atoms with van der Waals surface area (Å²) in [5.41, 5.74) is 4.96. The minimum atomic E-state index is -0.305. The summed E-state index contributed by atoms with van der Waals surface area (Å²) >= 11 is 0. The Balaban J connectivity index is 2.05. The molecule has 0 N–H and O–H groups in total. The molecule has 1 saturated carbocycles. The molecule has 2 fully saturated rings. The van der Waals surface area contributed by atoms with Gasteiger partial charge in [-0.25, -0.2) is 0 Å². The van der Waals surface area contributed by atoms with Gasteiger partial charge in [0, 0.05) is 0 Å². The van der Waals surface area contributed by atoms with Crippen molar-refractivity contribution in [2.75, 3.05) is 0 Å². The summed E-state index contributed by atoms with van der Waals surface area (Å²) in [6, 6.07) is 10.7. The van der Waals surface area contributed by atoms with E-state index >= 15 is 0 Å². The van der Waals surface area contributed by atoms with Crippen molar-refractivity contribution in [1.29, 1.82) is 0 Å². The van der Waals surface area contributed by atoms with Crippen molar-refractivity contribution in [2.24, 2.45) is 0 Å². The van der Waals surface area contributed by atoms with Gasteiger partial charge in [0.25, 0.3) is 0 Å². The maximum atomic E-state index is 6.56. The van der Waals surface area contributed by atoms with Gasteiger partial charge in [-0.1, -0.05) is 61.7 Å². The SMILES string of the molecule is CCCC/C(=C\c1ccccc1)C(B1OC(C)(C)C(C)(C)O1)=C1CCCCC1. The maximum Gasteiger partial charge on any atom is 0.495 e. The van der Waals surface area contributed by atoms with Crippen LogP contribution in [0.1, 0.15) is 91.5 Å². The summed E-state index contributed by atoms with van der Waals surface area (Å²) in [7, 11) is -0.259. The second-order valence-electron chi connectivity index (χ2n) is 9.35. The molecule has 2 aliphatic rings. The zero-order valence-corrected chi connectivity index (χ0v) is 18.5. The molecule has 1 saturated heterocycles. The molecule has 0 amide bonds. The van der Waals surface area contributed by atoms with E-state index < -0.39 is 0 Å². The van der Waals surface area contributed by atoms with Gasteiger partial charge in [-0.2, -0.15) is 0 Å². The average molecular weight is 380 g/mol. The van der Waals surface area contributed by atoms with Crippen LogP contribution in [0.5, 0.6) is 0 Å². The smallest absolute Gasteiger partial charge is 0.399 e. The van der Waals surface area contributed by atoms with Gasteiger partial charge < -0.3 is 9.31 Å². The van der Waals surface area contributed by atoms with Crippen molar-refractivity contribution < 1.29 is 9.31 Å². The highest BCUT2D eigenvalue weighted by Gasteiger charge is 2.53. The minimum absolute atomic E-state index is 0.259. The van der Waals surface area contributed by atoms with E-state index in [4.69, 9.17) is 9.31 Å². The number of hydrogen-bond donors (Lipinski definition) is 0. The summed E-state index contributed by atoms with van der Waals surface area (Å²) in [5, 5.41) is 0. The Bertz CT molecular complexity index is 691. The summed E-state index contributed by atoms with van der Waals surface area (Å²) in [5.74, 6) is 0. The molecule has 2 nitrogen and oxygen atoms in total. The molecule has 3 rings (SSSR count). The molecular weight excluding hydrogens is 343 g/mol. The lowest BCUT2D eigenvalue weighted by molar-refractivity contribution is 0.00578. The lowest BCUT2D eigenvalue weighted by Crippen LogP contribution is -2.41. The predicted octanol–water partition coefficient (Wildman–Crippen LogP) is 7.15. The second-order valence-corrected chi connectivity index (χ2v) is 9.35. The Morgan fingerprint density at radius 1 is 0.964 bits per heavy atom. The monoisotopic (exact) mass is 380 g/mol. The first-order valence-electron chi connectivity index (χ1n) is 11.2. The van der Waals surface area contributed by atoms with Crippen LogP contribution in [0.4, 0.5) is 0 Å². The third-order valence-electron chi connectivity index (χ3n) is 6.61. The van der Waals surface area contributed by atoms with Gasteiger partial charge in [-0.15, -0.1) is 0 Å². The lowest BCUT2D eigenvalue weighted by atomic mass is 9.67. The first kappa shape index (κ1) is 21.4. The highest BCUT2D eigenvalue weighted by atomic mass is 16.7. The fourth-order valence-corrected chi connectivity index (χ4v) is 4.16. The quantitative estimate of drug-likeness (QED) is 0.488. The van der Waals surface area contributed by atoms with Gasteiger partial charge in [0.2, 0.25) is 0 Å². The molecule has 1 aliphatic carbocycles. The van der Waals surface area contributed by atoms with E-state index in [0.717, 1.165) is 6.42 Å². The van der Waals surface area contributed by atoms with Gasteiger partial charge >= 0.3 is 7.12 Å². The van der Waals surface area contributed by atoms with Gasteiger partial charge in [0.05, 0.1) is 11.2 Å². The van der Waals surface area contributed by atoms with Crippen LogP contribution in [-0.2, 0) is 9.31 Å². The number of benzene rings is 1. The molecule has 1 aromatic carbocycles. The van der Waals surface area contributed by atoms with Crippen molar-refractivity contribution in [2.45, 2.75) is 97.2 Å². The molecule has 152 valence electrons. The van der Waals surface area contributed by atoms with Gasteiger partial charge in [-0.05, 0) is 82.8 Å². The Kier molecular flexibility index (Phi) is 6.88. The molecule has 0 radical (unpaired) electrons. The molecule has 1 aliphatic heterocycles. The number of allylic oxidation sites excluding steroid dienone is 3. The molecule has 0 unspecified atom stereocenters. The largest absolute Gasteiger partial charge is 0.495 e. The molecule has 3 heteroatoms. The zero-order chi connectivity index (χ0) is 20.2. The highest BCUT2D eigenvalue weighted by molar-refractivity contribution is 6.56. The van der Waals surface area contributed by atoms with E-state index in [0.29, 0.717) is 0 Å². The van der Waals surface area contributed by atoms with Crippen LogP contribution < -0.4 is 0 Å². The Morgan fingerprint density at radius 2 is 1.57 bits per heavy atom. The number of hydrogen-bond acceptors (Lipinski definition) is 2. The Labute approximate surface area is 172 Å². The number of unbranched alkanes of at least 4 members (excludes halogenated alkanes) is 1. The molecule has 0 aromatic heterocycles. The second kappa shape index (κ2) is 9.01. The van der Waals surface area contributed by atoms with Crippen LogP contribution in [0.15, 0.2) is 47.0 Å². The molecule has 1 heterocycles. The third kappa shape index (κ3) is 4.80. The van der Waals surface area contributed by atoms with E-state index in [9.17, 15) is 0 Å². The predicted molar refractivity (Wildman–Crippen MR) is 120 cm³/mol. The van der Waals surface area contributed by atoms with Crippen molar-refractivity contribution in [3.05, 3.63) is 52.5 Å². The van der Waals surface area contributed by atoms with Crippen molar-refractivity contribution in [3.63, 3.8) is 0 Å². The molecule has 0 bridgehead atoms. The topological polar surface area (TPSA) is 18.5 Å². The van der Waals surface area contributed by atoms with Gasteiger partial charge in [0.1, 0.15) is 0 Å². The van der Waals surface area contributed by atoms with Crippen LogP contribution in [-0.4, -0.2) is 18.3 Å². The third-order valence-corrected chi connectivity index (χ3v) is 6.61. The maximum absolute atomic E-state index is 6.56. The molecule has 28 heavy (non-hydrogen) atoms. The van der Waals surface area contributed by atoms with E-state index in [1.165, 1.54) is 61.6 Å². The van der Waals surface area contributed by atoms with E-state index in [2.05, 4.69) is 71.0 Å². The number of rotatable bonds is 6. The fourth-order valence-electron chi connectivity index (χ4n) is 4.16. The summed E-state index contributed by atoms with van der Waals surface area (Å²) in [6.45, 7) is 10.9. The van der Waals surface area contributed by atoms with Crippen LogP contribution >= 0.6 is 0 Å². The van der Waals surface area contributed by atoms with E-state index in [-0.39, 0.29) is 18.3 Å². The van der Waals surface area contributed by atoms with Gasteiger partial charge in [-0.3, -0.25) is 0 Å². The van der Waals surface area contributed by atoms with E-state index in [1.807, 2.05) is 0 Å². The first-order chi connectivity index (χ1) is 13.3. The van der Waals surface area contributed by atoms with Gasteiger partial charge in [0.15, 0.2) is 0 Å². The standard InChI is InChI=1S/C25H37BO2/c1-6-7-16-22(19-20-14-10-8-11-15-20)23(21-17-12-9-13-18-21)26-27-24(2,3)25(4,5)28-26/h8,10-11,14-15,19H,6-7,9,12-13,16-18H2,1-5H3/b22-19+. The molecule has 0 atom stereocenters. The molecular formula is C25H37BO2. The van der Waals surface area contributed by atoms with Crippen LogP contribution in [0.3, 0.4) is 0 Å². The fraction of sp³-hybridized carbons (Fsp3) is 0.600. The average Bonchev–Trinajstić information content (AvgIpc) is 2.88. The van der Waals surface area contributed by atoms with Crippen molar-refractivity contribution in [1.82, 2.24) is 0 Å². The Hall–Kier alpha value is -1.32. The highest BCUT2D eigenvalue weighted by Crippen LogP contribution is 2.43. The Morgan fingerprint density at radius 3 is 2.14 bits per heavy atom. The summed E-state index contributed by atoms with van der Waals surface area (Å²) in [6.07, 6.45) is 12.1. The zero-order valence-electron chi connectivity index (χ0n) is 18.5. The van der Waals surface area contributed by atoms with Crippen molar-refractivity contribution >= 4 is 13.2 Å². The molecule has 1 aromatic rings. The van der Waals surface area contributed by atoms with E-state index in [1.54, 1.807) is 5.57 Å². The normalized spacial score (nSPS) is 21.8. The summed E-state index contributed by atoms with van der Waals surface area (Å²) < 4.78 is 13.1. The van der Waals surface area contributed by atoms with Crippen LogP contribution in [0.25, 0.3) is 6.08 Å². The van der Waals surface area contributed by atoms with Crippen LogP contribution in [0, 0.1) is 0 Å². The van der Waals surface area contributed by atoms with Crippen molar-refractivity contribution in [3.8, 4) is 0 Å². The first-order valence-corrected chi connectivity index (χ1v) is 11.2. The van der Waals surface area contributed by atoms with Crippen LogP contribution in [0.2, 0.25) is 0 Å². The minimum Gasteiger partial charge on any atom is -0.399 e. The lowest BCUT2D eigenvalue weighted by Gasteiger charge is -2.32. The summed E-state index contributed by atoms with van der Waals surface area (Å²) in [4.78, 5) is 0.